The minimum Gasteiger partial charge on any atom is -0.294 e. The maximum atomic E-state index is 13.7. The van der Waals surface area contributed by atoms with Crippen molar-refractivity contribution in [1.82, 2.24) is 4.98 Å². The fraction of sp³-hybridized carbons (Fsp3) is 0.143. The van der Waals surface area contributed by atoms with Crippen molar-refractivity contribution in [3.8, 4) is 11.1 Å². The van der Waals surface area contributed by atoms with E-state index in [1.54, 1.807) is 37.5 Å². The highest BCUT2D eigenvalue weighted by atomic mass is 19.1. The van der Waals surface area contributed by atoms with Crippen LogP contribution >= 0.6 is 0 Å². The van der Waals surface area contributed by atoms with Crippen LogP contribution in [0, 0.1) is 5.82 Å². The van der Waals surface area contributed by atoms with Gasteiger partial charge >= 0.3 is 0 Å². The van der Waals surface area contributed by atoms with E-state index < -0.39 is 0 Å². The predicted octanol–water partition coefficient (Wildman–Crippen LogP) is 3.48. The zero-order valence-electron chi connectivity index (χ0n) is 9.48. The SMILES string of the molecule is CCC(=O)c1ccc(F)c(-c2cccnc2)c1. The predicted molar refractivity (Wildman–Crippen MR) is 64.3 cm³/mol. The molecule has 0 aliphatic rings. The molecule has 1 heterocycles. The molecule has 0 aliphatic carbocycles. The average molecular weight is 229 g/mol. The van der Waals surface area contributed by atoms with Crippen molar-refractivity contribution in [3.63, 3.8) is 0 Å². The molecule has 0 saturated heterocycles. The van der Waals surface area contributed by atoms with Crippen molar-refractivity contribution in [3.05, 3.63) is 54.1 Å². The van der Waals surface area contributed by atoms with Gasteiger partial charge in [0.25, 0.3) is 0 Å². The zero-order valence-corrected chi connectivity index (χ0v) is 9.48. The summed E-state index contributed by atoms with van der Waals surface area (Å²) >= 11 is 0. The molecule has 3 heteroatoms. The van der Waals surface area contributed by atoms with Crippen molar-refractivity contribution in [2.75, 3.05) is 0 Å². The lowest BCUT2D eigenvalue weighted by atomic mass is 10.0. The van der Waals surface area contributed by atoms with Gasteiger partial charge in [-0.25, -0.2) is 4.39 Å². The molecule has 2 aromatic rings. The van der Waals surface area contributed by atoms with E-state index >= 15 is 0 Å². The summed E-state index contributed by atoms with van der Waals surface area (Å²) in [5, 5.41) is 0. The number of carbonyl (C=O) groups is 1. The van der Waals surface area contributed by atoms with E-state index in [2.05, 4.69) is 4.98 Å². The first-order valence-corrected chi connectivity index (χ1v) is 5.45. The van der Waals surface area contributed by atoms with Gasteiger partial charge in [-0.3, -0.25) is 9.78 Å². The molecule has 0 atom stereocenters. The number of nitrogens with zero attached hydrogens (tertiary/aromatic N) is 1. The fourth-order valence-electron chi connectivity index (χ4n) is 1.65. The van der Waals surface area contributed by atoms with E-state index in [1.807, 2.05) is 0 Å². The Morgan fingerprint density at radius 1 is 1.35 bits per heavy atom. The lowest BCUT2D eigenvalue weighted by molar-refractivity contribution is 0.0988. The van der Waals surface area contributed by atoms with Crippen LogP contribution in [0.1, 0.15) is 23.7 Å². The second-order valence-corrected chi connectivity index (χ2v) is 3.71. The van der Waals surface area contributed by atoms with Gasteiger partial charge in [-0.1, -0.05) is 13.0 Å². The van der Waals surface area contributed by atoms with E-state index in [0.717, 1.165) is 0 Å². The van der Waals surface area contributed by atoms with E-state index in [1.165, 1.54) is 12.1 Å². The highest BCUT2D eigenvalue weighted by molar-refractivity contribution is 5.97. The Hall–Kier alpha value is -2.03. The first-order chi connectivity index (χ1) is 8.22. The Morgan fingerprint density at radius 2 is 2.18 bits per heavy atom. The third-order valence-corrected chi connectivity index (χ3v) is 2.58. The van der Waals surface area contributed by atoms with Crippen molar-refractivity contribution in [2.24, 2.45) is 0 Å². The number of benzene rings is 1. The standard InChI is InChI=1S/C14H12FNO/c1-2-14(17)10-5-6-13(15)12(8-10)11-4-3-7-16-9-11/h3-9H,2H2,1H3. The van der Waals surface area contributed by atoms with E-state index in [9.17, 15) is 9.18 Å². The number of Topliss-reactive ketones (excluding diaryl/α,β-unsaturated/α-hetero) is 1. The van der Waals surface area contributed by atoms with Crippen molar-refractivity contribution >= 4 is 5.78 Å². The second kappa shape index (κ2) is 4.87. The van der Waals surface area contributed by atoms with E-state index in [0.29, 0.717) is 23.1 Å². The average Bonchev–Trinajstić information content (AvgIpc) is 2.39. The lowest BCUT2D eigenvalue weighted by Crippen LogP contribution is -1.98. The number of hydrogen-bond donors (Lipinski definition) is 0. The fourth-order valence-corrected chi connectivity index (χ4v) is 1.65. The number of halogens is 1. The molecule has 2 rings (SSSR count). The minimum atomic E-state index is -0.342. The van der Waals surface area contributed by atoms with Crippen LogP contribution in [0.4, 0.5) is 4.39 Å². The van der Waals surface area contributed by atoms with Crippen LogP contribution in [0.2, 0.25) is 0 Å². The summed E-state index contributed by atoms with van der Waals surface area (Å²) in [7, 11) is 0. The lowest BCUT2D eigenvalue weighted by Gasteiger charge is -2.05. The van der Waals surface area contributed by atoms with Crippen molar-refractivity contribution < 1.29 is 9.18 Å². The first-order valence-electron chi connectivity index (χ1n) is 5.45. The third-order valence-electron chi connectivity index (χ3n) is 2.58. The number of ketones is 1. The summed E-state index contributed by atoms with van der Waals surface area (Å²) < 4.78 is 13.7. The molecule has 0 amide bonds. The second-order valence-electron chi connectivity index (χ2n) is 3.71. The zero-order chi connectivity index (χ0) is 12.3. The molecule has 1 aromatic carbocycles. The number of carbonyl (C=O) groups excluding carboxylic acids is 1. The maximum Gasteiger partial charge on any atom is 0.162 e. The third kappa shape index (κ3) is 2.38. The van der Waals surface area contributed by atoms with Crippen LogP contribution in [0.15, 0.2) is 42.7 Å². The van der Waals surface area contributed by atoms with Gasteiger partial charge in [0.15, 0.2) is 5.78 Å². The van der Waals surface area contributed by atoms with Crippen LogP contribution in [0.5, 0.6) is 0 Å². The highest BCUT2D eigenvalue weighted by Crippen LogP contribution is 2.23. The molecule has 0 aliphatic heterocycles. The molecule has 0 bridgehead atoms. The molecule has 0 fully saturated rings. The summed E-state index contributed by atoms with van der Waals surface area (Å²) in [5.74, 6) is -0.333. The van der Waals surface area contributed by atoms with Gasteiger partial charge in [-0.05, 0) is 24.3 Å². The number of rotatable bonds is 3. The number of pyridine rings is 1. The molecule has 17 heavy (non-hydrogen) atoms. The summed E-state index contributed by atoms with van der Waals surface area (Å²) in [6, 6.07) is 7.93. The number of hydrogen-bond acceptors (Lipinski definition) is 2. The molecular weight excluding hydrogens is 217 g/mol. The minimum absolute atomic E-state index is 0.00939. The summed E-state index contributed by atoms with van der Waals surface area (Å²) in [6.45, 7) is 1.79. The van der Waals surface area contributed by atoms with E-state index in [4.69, 9.17) is 0 Å². The van der Waals surface area contributed by atoms with Crippen molar-refractivity contribution in [1.29, 1.82) is 0 Å². The first kappa shape index (κ1) is 11.5. The molecule has 0 N–H and O–H groups in total. The summed E-state index contributed by atoms with van der Waals surface area (Å²) in [4.78, 5) is 15.5. The van der Waals surface area contributed by atoms with Gasteiger partial charge < -0.3 is 0 Å². The quantitative estimate of drug-likeness (QED) is 0.754. The highest BCUT2D eigenvalue weighted by Gasteiger charge is 2.09. The van der Waals surface area contributed by atoms with Gasteiger partial charge in [0.2, 0.25) is 0 Å². The normalized spacial score (nSPS) is 10.2. The molecule has 2 nitrogen and oxygen atoms in total. The Bertz CT molecular complexity index is 537. The van der Waals surface area contributed by atoms with Crippen LogP contribution in [0.3, 0.4) is 0 Å². The van der Waals surface area contributed by atoms with Gasteiger partial charge in [-0.15, -0.1) is 0 Å². The molecule has 86 valence electrons. The number of aromatic nitrogens is 1. The van der Waals surface area contributed by atoms with Crippen LogP contribution < -0.4 is 0 Å². The van der Waals surface area contributed by atoms with Crippen LogP contribution in [-0.4, -0.2) is 10.8 Å². The van der Waals surface area contributed by atoms with Crippen LogP contribution in [0.25, 0.3) is 11.1 Å². The van der Waals surface area contributed by atoms with Gasteiger partial charge in [0.05, 0.1) is 0 Å². The van der Waals surface area contributed by atoms with Gasteiger partial charge in [0.1, 0.15) is 5.82 Å². The van der Waals surface area contributed by atoms with Gasteiger partial charge in [0, 0.05) is 35.5 Å². The largest absolute Gasteiger partial charge is 0.294 e. The van der Waals surface area contributed by atoms with E-state index in [-0.39, 0.29) is 11.6 Å². The monoisotopic (exact) mass is 229 g/mol. The Kier molecular flexibility index (Phi) is 3.28. The van der Waals surface area contributed by atoms with Gasteiger partial charge in [-0.2, -0.15) is 0 Å². The molecular formula is C14H12FNO. The molecule has 0 radical (unpaired) electrons. The Balaban J connectivity index is 2.50. The maximum absolute atomic E-state index is 13.7. The summed E-state index contributed by atoms with van der Waals surface area (Å²) in [5.41, 5.74) is 1.63. The Morgan fingerprint density at radius 3 is 2.82 bits per heavy atom. The Labute approximate surface area is 99.1 Å². The van der Waals surface area contributed by atoms with Crippen molar-refractivity contribution in [2.45, 2.75) is 13.3 Å². The van der Waals surface area contributed by atoms with Crippen LogP contribution in [-0.2, 0) is 0 Å². The smallest absolute Gasteiger partial charge is 0.162 e. The topological polar surface area (TPSA) is 30.0 Å². The molecule has 0 unspecified atom stereocenters. The molecule has 0 saturated carbocycles. The molecule has 0 spiro atoms. The summed E-state index contributed by atoms with van der Waals surface area (Å²) in [6.07, 6.45) is 3.62. The molecule has 1 aromatic heterocycles.